The molecule has 0 spiro atoms. The molecule has 0 fully saturated rings. The molecule has 0 saturated carbocycles. The third kappa shape index (κ3) is 1.25. The van der Waals surface area contributed by atoms with Crippen molar-refractivity contribution >= 4 is 5.87 Å². The lowest BCUT2D eigenvalue weighted by molar-refractivity contribution is 0.480. The van der Waals surface area contributed by atoms with Gasteiger partial charge in [-0.05, 0) is 0 Å². The zero-order valence-electron chi connectivity index (χ0n) is 2.02. The third-order valence-corrected chi connectivity index (χ3v) is 0.0645. The van der Waals surface area contributed by atoms with Gasteiger partial charge < -0.3 is 5.11 Å². The van der Waals surface area contributed by atoms with Crippen LogP contribution in [0.3, 0.4) is 0 Å². The van der Waals surface area contributed by atoms with Crippen LogP contribution in [0.25, 0.3) is 0 Å². The molecule has 2 heteroatoms. The first-order valence-corrected chi connectivity index (χ1v) is 0.797. The number of rotatable bonds is 0. The van der Waals surface area contributed by atoms with Crippen molar-refractivity contribution in [2.45, 2.75) is 0 Å². The standard InChI is InChI=1S/C2H3NO/c3-1-2-4/h2-4H. The zero-order chi connectivity index (χ0) is 3.41. The van der Waals surface area contributed by atoms with Gasteiger partial charge in [-0.25, -0.2) is 0 Å². The molecule has 22 valence electrons. The van der Waals surface area contributed by atoms with E-state index in [2.05, 4.69) is 0 Å². The first kappa shape index (κ1) is 3.25. The number of aliphatic hydroxyl groups excluding tert-OH is 1. The first-order valence-electron chi connectivity index (χ1n) is 0.797. The minimum absolute atomic E-state index is 0.542. The van der Waals surface area contributed by atoms with E-state index < -0.39 is 0 Å². The molecule has 0 saturated heterocycles. The molecular weight excluding hydrogens is 54.0 g/mol. The van der Waals surface area contributed by atoms with Crippen LogP contribution in [0.4, 0.5) is 0 Å². The second-order valence-corrected chi connectivity index (χ2v) is 0.273. The zero-order valence-corrected chi connectivity index (χ0v) is 2.02. The van der Waals surface area contributed by atoms with Crippen LogP contribution in [-0.2, 0) is 0 Å². The Morgan fingerprint density at radius 3 is 2.25 bits per heavy atom. The van der Waals surface area contributed by atoms with E-state index in [1.165, 1.54) is 0 Å². The van der Waals surface area contributed by atoms with Gasteiger partial charge in [-0.3, -0.25) is 5.41 Å². The van der Waals surface area contributed by atoms with E-state index in [4.69, 9.17) is 10.5 Å². The largest absolute Gasteiger partial charge is 0.506 e. The van der Waals surface area contributed by atoms with E-state index in [1.807, 2.05) is 0 Å². The van der Waals surface area contributed by atoms with Crippen molar-refractivity contribution in [1.82, 2.24) is 0 Å². The first-order chi connectivity index (χ1) is 1.91. The smallest absolute Gasteiger partial charge is 0.140 e. The second kappa shape index (κ2) is 2.25. The minimum atomic E-state index is 0.542. The van der Waals surface area contributed by atoms with Gasteiger partial charge in [0.15, 0.2) is 0 Å². The highest BCUT2D eigenvalue weighted by atomic mass is 16.2. The predicted octanol–water partition coefficient (Wildman–Crippen LogP) is 0.307. The highest BCUT2D eigenvalue weighted by molar-refractivity contribution is 5.44. The van der Waals surface area contributed by atoms with Gasteiger partial charge in [-0.15, -0.1) is 0 Å². The quantitative estimate of drug-likeness (QED) is 0.305. The number of aliphatic hydroxyl groups is 1. The van der Waals surface area contributed by atoms with Gasteiger partial charge in [-0.2, -0.15) is 0 Å². The molecule has 0 atom stereocenters. The van der Waals surface area contributed by atoms with Crippen LogP contribution in [-0.4, -0.2) is 11.0 Å². The fourth-order valence-corrected chi connectivity index (χ4v) is 0. The van der Waals surface area contributed by atoms with Crippen LogP contribution >= 0.6 is 0 Å². The highest BCUT2D eigenvalue weighted by Gasteiger charge is 1.26. The van der Waals surface area contributed by atoms with E-state index >= 15 is 0 Å². The summed E-state index contributed by atoms with van der Waals surface area (Å²) in [6.45, 7) is 0. The van der Waals surface area contributed by atoms with E-state index in [-0.39, 0.29) is 0 Å². The SMILES string of the molecule is N=C=CO. The van der Waals surface area contributed by atoms with E-state index in [1.54, 1.807) is 5.87 Å². The van der Waals surface area contributed by atoms with Crippen LogP contribution in [0.1, 0.15) is 0 Å². The number of hydrogen-bond donors (Lipinski definition) is 2. The lowest BCUT2D eigenvalue weighted by atomic mass is 11.1. The van der Waals surface area contributed by atoms with Gasteiger partial charge in [0.25, 0.3) is 0 Å². The summed E-state index contributed by atoms with van der Waals surface area (Å²) in [5.74, 6) is 1.61. The maximum atomic E-state index is 7.45. The summed E-state index contributed by atoms with van der Waals surface area (Å²) >= 11 is 0. The molecule has 0 aromatic heterocycles. The molecule has 0 bridgehead atoms. The average Bonchev–Trinajstić information content (AvgIpc) is 1.37. The maximum absolute atomic E-state index is 7.45. The fourth-order valence-electron chi connectivity index (χ4n) is 0. The summed E-state index contributed by atoms with van der Waals surface area (Å²) in [7, 11) is 0. The molecule has 0 rings (SSSR count). The van der Waals surface area contributed by atoms with E-state index in [9.17, 15) is 0 Å². The lowest BCUT2D eigenvalue weighted by Crippen LogP contribution is -1.39. The lowest BCUT2D eigenvalue weighted by Gasteiger charge is -1.43. The van der Waals surface area contributed by atoms with Gasteiger partial charge in [0, 0.05) is 5.87 Å². The molecule has 0 amide bonds. The van der Waals surface area contributed by atoms with Gasteiger partial charge in [-0.1, -0.05) is 0 Å². The van der Waals surface area contributed by atoms with Crippen LogP contribution < -0.4 is 0 Å². The Morgan fingerprint density at radius 1 is 2.00 bits per heavy atom. The van der Waals surface area contributed by atoms with Gasteiger partial charge in [0.1, 0.15) is 6.26 Å². The summed E-state index contributed by atoms with van der Waals surface area (Å²) in [4.78, 5) is 0. The summed E-state index contributed by atoms with van der Waals surface area (Å²) in [6, 6.07) is 0. The highest BCUT2D eigenvalue weighted by Crippen LogP contribution is 1.26. The monoisotopic (exact) mass is 57.0 g/mol. The van der Waals surface area contributed by atoms with Crippen molar-refractivity contribution < 1.29 is 5.11 Å². The molecule has 2 nitrogen and oxygen atoms in total. The molecule has 4 heavy (non-hydrogen) atoms. The normalized spacial score (nSPS) is 4.00. The Labute approximate surface area is 23.9 Å². The number of nitrogens with one attached hydrogen (secondary N) is 1. The van der Waals surface area contributed by atoms with Gasteiger partial charge in [0.05, 0.1) is 0 Å². The van der Waals surface area contributed by atoms with Crippen LogP contribution in [0.5, 0.6) is 0 Å². The summed E-state index contributed by atoms with van der Waals surface area (Å²) < 4.78 is 0. The van der Waals surface area contributed by atoms with Gasteiger partial charge in [0.2, 0.25) is 0 Å². The second-order valence-electron chi connectivity index (χ2n) is 0.273. The summed E-state index contributed by atoms with van der Waals surface area (Å²) in [6.07, 6.45) is 0.542. The van der Waals surface area contributed by atoms with Crippen LogP contribution in [0, 0.1) is 5.41 Å². The predicted molar refractivity (Wildman–Crippen MR) is 14.9 cm³/mol. The van der Waals surface area contributed by atoms with Crippen molar-refractivity contribution in [3.63, 3.8) is 0 Å². The van der Waals surface area contributed by atoms with Crippen LogP contribution in [0.15, 0.2) is 6.26 Å². The topological polar surface area (TPSA) is 44.1 Å². The van der Waals surface area contributed by atoms with E-state index in [0.29, 0.717) is 6.26 Å². The summed E-state index contributed by atoms with van der Waals surface area (Å²) in [5.41, 5.74) is 0. The van der Waals surface area contributed by atoms with Crippen molar-refractivity contribution in [2.24, 2.45) is 0 Å². The Bertz CT molecular complexity index is 44.0. The van der Waals surface area contributed by atoms with Crippen molar-refractivity contribution in [1.29, 1.82) is 5.41 Å². The Hall–Kier alpha value is -0.750. The van der Waals surface area contributed by atoms with Gasteiger partial charge >= 0.3 is 0 Å². The fraction of sp³-hybridized carbons (Fsp3) is 0. The van der Waals surface area contributed by atoms with Crippen molar-refractivity contribution in [2.75, 3.05) is 0 Å². The third-order valence-electron chi connectivity index (χ3n) is 0.0645. The molecular formula is C2H3NO. The minimum Gasteiger partial charge on any atom is -0.506 e. The molecule has 0 aromatic rings. The average molecular weight is 57.1 g/mol. The number of hydrogen-bond acceptors (Lipinski definition) is 2. The molecule has 0 aliphatic carbocycles. The van der Waals surface area contributed by atoms with Crippen LogP contribution in [0.2, 0.25) is 0 Å². The molecule has 2 N–H and O–H groups in total. The van der Waals surface area contributed by atoms with Crippen molar-refractivity contribution in [3.8, 4) is 0 Å². The molecule has 0 radical (unpaired) electrons. The molecule has 0 heterocycles. The van der Waals surface area contributed by atoms with Crippen molar-refractivity contribution in [3.05, 3.63) is 6.26 Å². The maximum Gasteiger partial charge on any atom is 0.140 e. The molecule has 0 unspecified atom stereocenters. The van der Waals surface area contributed by atoms with E-state index in [0.717, 1.165) is 0 Å². The Balaban J connectivity index is 3.11. The molecule has 0 aromatic carbocycles. The Morgan fingerprint density at radius 2 is 2.25 bits per heavy atom. The Kier molecular flexibility index (Phi) is 1.83. The molecule has 0 aliphatic rings. The summed E-state index contributed by atoms with van der Waals surface area (Å²) in [5, 5.41) is 13.3. The molecule has 0 aliphatic heterocycles.